The van der Waals surface area contributed by atoms with E-state index in [1.807, 2.05) is 30.4 Å². The van der Waals surface area contributed by atoms with E-state index in [9.17, 15) is 0 Å². The molecule has 0 fully saturated rings. The van der Waals surface area contributed by atoms with Crippen LogP contribution in [0.4, 0.5) is 0 Å². The minimum Gasteiger partial charge on any atom is -0.310 e. The maximum Gasteiger partial charge on any atom is 0.160 e. The second-order valence-electron chi connectivity index (χ2n) is 12.3. The topological polar surface area (TPSA) is 35.6 Å². The van der Waals surface area contributed by atoms with Gasteiger partial charge >= 0.3 is 0 Å². The van der Waals surface area contributed by atoms with Crippen LogP contribution in [0.25, 0.3) is 83.7 Å². The van der Waals surface area contributed by atoms with Crippen molar-refractivity contribution in [2.45, 2.75) is 6.92 Å². The highest BCUT2D eigenvalue weighted by molar-refractivity contribution is 6.22. The zero-order valence-corrected chi connectivity index (χ0v) is 27.1. The Morgan fingerprint density at radius 3 is 1.92 bits per heavy atom. The quantitative estimate of drug-likeness (QED) is 0.172. The van der Waals surface area contributed by atoms with E-state index in [1.165, 1.54) is 38.3 Å². The number of nitrogens with zero attached hydrogens (tertiary/aromatic N) is 4. The van der Waals surface area contributed by atoms with Gasteiger partial charge in [0, 0.05) is 49.7 Å². The minimum atomic E-state index is 0.714. The van der Waals surface area contributed by atoms with Crippen LogP contribution in [0.15, 0.2) is 164 Å². The van der Waals surface area contributed by atoms with E-state index < -0.39 is 0 Å². The first-order chi connectivity index (χ1) is 24.2. The Labute approximate surface area is 284 Å². The van der Waals surface area contributed by atoms with E-state index in [2.05, 4.69) is 156 Å². The van der Waals surface area contributed by atoms with E-state index in [0.717, 1.165) is 44.8 Å². The number of aryl methyl sites for hydroxylation is 1. The molecule has 9 aromatic rings. The third-order valence-corrected chi connectivity index (χ3v) is 9.50. The third-order valence-electron chi connectivity index (χ3n) is 9.50. The molecule has 0 atom stereocenters. The highest BCUT2D eigenvalue weighted by atomic mass is 15.0. The molecule has 0 aliphatic carbocycles. The number of rotatable bonds is 6. The molecule has 0 saturated carbocycles. The largest absolute Gasteiger partial charge is 0.310 e. The normalized spacial score (nSPS) is 11.8. The Morgan fingerprint density at radius 1 is 0.531 bits per heavy atom. The molecule has 49 heavy (non-hydrogen) atoms. The van der Waals surface area contributed by atoms with Gasteiger partial charge in [0.1, 0.15) is 0 Å². The number of benzene rings is 6. The number of aromatic nitrogens is 4. The first-order valence-electron chi connectivity index (χ1n) is 16.6. The van der Waals surface area contributed by atoms with Crippen molar-refractivity contribution in [2.75, 3.05) is 0 Å². The summed E-state index contributed by atoms with van der Waals surface area (Å²) in [7, 11) is 0. The standard InChI is InChI=1S/C45H32N4/c1-3-4-22-38-30(2)42-40(48(38)33-17-9-6-10-18-33)28-29-41-43(42)36-20-12-14-23-39(36)49(41)34-26-24-32(25-27-34)45-46-37-21-13-11-19-35(37)44(47-45)31-15-7-5-8-16-31/h3-29H,1H2,2H3/b22-4-. The van der Waals surface area contributed by atoms with Crippen molar-refractivity contribution in [3.63, 3.8) is 0 Å². The molecule has 0 saturated heterocycles. The third kappa shape index (κ3) is 4.61. The van der Waals surface area contributed by atoms with Crippen LogP contribution in [-0.4, -0.2) is 19.1 Å². The zero-order valence-electron chi connectivity index (χ0n) is 27.1. The Kier molecular flexibility index (Phi) is 6.80. The summed E-state index contributed by atoms with van der Waals surface area (Å²) in [6, 6.07) is 51.1. The molecular formula is C45H32N4. The van der Waals surface area contributed by atoms with Crippen molar-refractivity contribution >= 4 is 49.7 Å². The van der Waals surface area contributed by atoms with Gasteiger partial charge in [0.25, 0.3) is 0 Å². The highest BCUT2D eigenvalue weighted by Gasteiger charge is 2.21. The van der Waals surface area contributed by atoms with Crippen LogP contribution < -0.4 is 0 Å². The van der Waals surface area contributed by atoms with Crippen molar-refractivity contribution in [3.8, 4) is 34.0 Å². The minimum absolute atomic E-state index is 0.714. The van der Waals surface area contributed by atoms with Gasteiger partial charge < -0.3 is 9.13 Å². The van der Waals surface area contributed by atoms with E-state index >= 15 is 0 Å². The van der Waals surface area contributed by atoms with Crippen LogP contribution in [0.1, 0.15) is 11.3 Å². The van der Waals surface area contributed by atoms with Gasteiger partial charge in [-0.25, -0.2) is 9.97 Å². The molecular weight excluding hydrogens is 597 g/mol. The molecule has 3 heterocycles. The molecule has 0 spiro atoms. The fourth-order valence-corrected chi connectivity index (χ4v) is 7.31. The van der Waals surface area contributed by atoms with Crippen LogP contribution in [0.5, 0.6) is 0 Å². The SMILES string of the molecule is C=C/C=C\c1c(C)c2c3c4ccccc4n(-c4ccc(-c5nc(-c6ccccc6)c6ccccc6n5)cc4)c3ccc2n1-c1ccccc1. The van der Waals surface area contributed by atoms with Crippen LogP contribution in [-0.2, 0) is 0 Å². The number of allylic oxidation sites excluding steroid dienone is 2. The molecule has 0 radical (unpaired) electrons. The number of hydrogen-bond donors (Lipinski definition) is 0. The first kappa shape index (κ1) is 28.7. The Morgan fingerprint density at radius 2 is 1.16 bits per heavy atom. The van der Waals surface area contributed by atoms with Crippen molar-refractivity contribution in [2.24, 2.45) is 0 Å². The van der Waals surface area contributed by atoms with Gasteiger partial charge in [-0.15, -0.1) is 0 Å². The molecule has 0 unspecified atom stereocenters. The summed E-state index contributed by atoms with van der Waals surface area (Å²) in [5, 5.41) is 4.79. The summed E-state index contributed by atoms with van der Waals surface area (Å²) < 4.78 is 4.74. The molecule has 3 aromatic heterocycles. The molecule has 0 aliphatic heterocycles. The van der Waals surface area contributed by atoms with Gasteiger partial charge in [0.2, 0.25) is 0 Å². The first-order valence-corrected chi connectivity index (χ1v) is 16.6. The maximum absolute atomic E-state index is 5.10. The Bertz CT molecular complexity index is 2710. The molecule has 4 nitrogen and oxygen atoms in total. The van der Waals surface area contributed by atoms with Crippen molar-refractivity contribution in [3.05, 3.63) is 176 Å². The number of hydrogen-bond acceptors (Lipinski definition) is 2. The highest BCUT2D eigenvalue weighted by Crippen LogP contribution is 2.41. The number of fused-ring (bicyclic) bond motifs is 6. The summed E-state index contributed by atoms with van der Waals surface area (Å²) in [6.45, 7) is 6.17. The van der Waals surface area contributed by atoms with Crippen molar-refractivity contribution < 1.29 is 0 Å². The average Bonchev–Trinajstić information content (AvgIpc) is 3.65. The summed E-state index contributed by atoms with van der Waals surface area (Å²) in [4.78, 5) is 10.1. The second kappa shape index (κ2) is 11.6. The molecule has 9 rings (SSSR count). The Hall–Kier alpha value is -6.52. The van der Waals surface area contributed by atoms with Gasteiger partial charge in [-0.2, -0.15) is 0 Å². The molecule has 0 aliphatic rings. The van der Waals surface area contributed by atoms with Gasteiger partial charge in [0.15, 0.2) is 5.82 Å². The van der Waals surface area contributed by atoms with Crippen molar-refractivity contribution in [1.82, 2.24) is 19.1 Å². The van der Waals surface area contributed by atoms with Crippen LogP contribution in [0, 0.1) is 6.92 Å². The van der Waals surface area contributed by atoms with E-state index in [4.69, 9.17) is 9.97 Å². The lowest BCUT2D eigenvalue weighted by molar-refractivity contribution is 1.10. The summed E-state index contributed by atoms with van der Waals surface area (Å²) in [5.74, 6) is 0.714. The molecule has 4 heteroatoms. The summed E-state index contributed by atoms with van der Waals surface area (Å²) in [6.07, 6.45) is 6.02. The maximum atomic E-state index is 5.10. The van der Waals surface area contributed by atoms with Crippen LogP contribution in [0.2, 0.25) is 0 Å². The zero-order chi connectivity index (χ0) is 32.9. The Balaban J connectivity index is 1.24. The fourth-order valence-electron chi connectivity index (χ4n) is 7.31. The van der Waals surface area contributed by atoms with Gasteiger partial charge in [0.05, 0.1) is 27.8 Å². The van der Waals surface area contributed by atoms with Crippen molar-refractivity contribution in [1.29, 1.82) is 0 Å². The lowest BCUT2D eigenvalue weighted by Crippen LogP contribution is -1.97. The van der Waals surface area contributed by atoms with E-state index in [-0.39, 0.29) is 0 Å². The fraction of sp³-hybridized carbons (Fsp3) is 0.0222. The molecule has 0 amide bonds. The molecule has 232 valence electrons. The van der Waals surface area contributed by atoms with E-state index in [0.29, 0.717) is 5.82 Å². The molecule has 6 aromatic carbocycles. The molecule has 0 N–H and O–H groups in total. The lowest BCUT2D eigenvalue weighted by atomic mass is 10.0. The second-order valence-corrected chi connectivity index (χ2v) is 12.3. The van der Waals surface area contributed by atoms with Crippen LogP contribution >= 0.6 is 0 Å². The number of para-hydroxylation sites is 3. The summed E-state index contributed by atoms with van der Waals surface area (Å²) in [5.41, 5.74) is 12.1. The predicted octanol–water partition coefficient (Wildman–Crippen LogP) is 11.5. The predicted molar refractivity (Wildman–Crippen MR) is 206 cm³/mol. The smallest absolute Gasteiger partial charge is 0.160 e. The van der Waals surface area contributed by atoms with Gasteiger partial charge in [-0.05, 0) is 79.2 Å². The van der Waals surface area contributed by atoms with Gasteiger partial charge in [-0.3, -0.25) is 0 Å². The van der Waals surface area contributed by atoms with Crippen LogP contribution in [0.3, 0.4) is 0 Å². The van der Waals surface area contributed by atoms with Gasteiger partial charge in [-0.1, -0.05) is 104 Å². The molecule has 0 bridgehead atoms. The monoisotopic (exact) mass is 628 g/mol. The lowest BCUT2D eigenvalue weighted by Gasteiger charge is -2.11. The van der Waals surface area contributed by atoms with E-state index in [1.54, 1.807) is 0 Å². The summed E-state index contributed by atoms with van der Waals surface area (Å²) >= 11 is 0. The average molecular weight is 629 g/mol.